The number of rotatable bonds is 21. The van der Waals surface area contributed by atoms with Crippen LogP contribution in [0.1, 0.15) is 173 Å². The molecule has 676 valence electrons. The van der Waals surface area contributed by atoms with Gasteiger partial charge in [-0.05, 0) is 110 Å². The van der Waals surface area contributed by atoms with Crippen molar-refractivity contribution in [2.75, 3.05) is 26.7 Å². The van der Waals surface area contributed by atoms with E-state index in [0.29, 0.717) is 16.7 Å². The largest absolute Gasteiger partial charge is 0.456 e. The molecule has 4 bridgehead atoms. The minimum Gasteiger partial charge on any atom is -0.456 e. The third-order valence-electron chi connectivity index (χ3n) is 27.2. The zero-order chi connectivity index (χ0) is 92.6. The molecule has 0 unspecified atom stereocenters. The quantitative estimate of drug-likeness (QED) is 0.0153. The molecule has 7 N–H and O–H groups in total. The normalized spacial score (nSPS) is 31.2. The maximum atomic E-state index is 15.6. The van der Waals surface area contributed by atoms with Gasteiger partial charge in [0.05, 0.1) is 71.3 Å². The van der Waals surface area contributed by atoms with E-state index >= 15 is 9.59 Å². The Morgan fingerprint density at radius 1 is 0.441 bits per heavy atom. The van der Waals surface area contributed by atoms with Crippen molar-refractivity contribution >= 4 is 82.7 Å². The third kappa shape index (κ3) is 17.0. The first-order valence-corrected chi connectivity index (χ1v) is 42.5. The summed E-state index contributed by atoms with van der Waals surface area (Å²) in [6, 6.07) is 46.8. The summed E-state index contributed by atoms with van der Waals surface area (Å²) in [5.74, 6) is -13.2. The predicted molar refractivity (Wildman–Crippen MR) is 452 cm³/mol. The van der Waals surface area contributed by atoms with Crippen molar-refractivity contribution in [3.05, 3.63) is 238 Å². The number of halogens is 1. The van der Waals surface area contributed by atoms with Crippen molar-refractivity contribution in [3.63, 3.8) is 0 Å². The van der Waals surface area contributed by atoms with E-state index in [2.05, 4.69) is 22.2 Å². The molecule has 2 heterocycles. The van der Waals surface area contributed by atoms with Crippen LogP contribution in [0.5, 0.6) is 0 Å². The summed E-state index contributed by atoms with van der Waals surface area (Å²) in [5.41, 5.74) is -13.6. The van der Waals surface area contributed by atoms with Crippen molar-refractivity contribution in [2.24, 2.45) is 33.5 Å². The highest BCUT2D eigenvalue weighted by molar-refractivity contribution is 6.15. The molecule has 127 heavy (non-hydrogen) atoms. The van der Waals surface area contributed by atoms with Gasteiger partial charge < -0.3 is 88.3 Å². The Morgan fingerprint density at radius 3 is 1.07 bits per heavy atom. The van der Waals surface area contributed by atoms with Crippen molar-refractivity contribution in [1.29, 1.82) is 0 Å². The van der Waals surface area contributed by atoms with E-state index in [1.165, 1.54) is 65.5 Å². The molecule has 4 saturated carbocycles. The van der Waals surface area contributed by atoms with Gasteiger partial charge in [-0.1, -0.05) is 161 Å². The molecule has 6 aromatic rings. The molecule has 0 radical (unpaired) electrons. The number of Topliss-reactive ketones (excluding diaryl/α,β-unsaturated/α-hetero) is 2. The molecule has 0 aromatic heterocycles. The Morgan fingerprint density at radius 2 is 0.756 bits per heavy atom. The number of esters is 8. The number of aliphatic hydroxyl groups excluding tert-OH is 3. The fourth-order valence-electron chi connectivity index (χ4n) is 20.6. The van der Waals surface area contributed by atoms with Crippen molar-refractivity contribution in [3.8, 4) is 0 Å². The Kier molecular flexibility index (Phi) is 27.8. The molecule has 6 aliphatic carbocycles. The number of methoxy groups -OCH3 is 1. The number of hydrogen-bond acceptors (Lipinski definition) is 28. The van der Waals surface area contributed by atoms with Gasteiger partial charge in [0.15, 0.2) is 47.2 Å². The van der Waals surface area contributed by atoms with Crippen LogP contribution < -0.4 is 10.6 Å². The van der Waals surface area contributed by atoms with E-state index in [1.807, 2.05) is 0 Å². The molecule has 2 aliphatic heterocycles. The highest BCUT2D eigenvalue weighted by Crippen LogP contribution is 2.67. The van der Waals surface area contributed by atoms with E-state index in [-0.39, 0.29) is 65.0 Å². The lowest BCUT2D eigenvalue weighted by atomic mass is 9.44. The Hall–Kier alpha value is -11.2. The van der Waals surface area contributed by atoms with Gasteiger partial charge in [-0.2, -0.15) is 0 Å². The molecule has 0 spiro atoms. The van der Waals surface area contributed by atoms with E-state index in [9.17, 15) is 73.5 Å². The number of fused-ring (bicyclic) bond motifs is 10. The van der Waals surface area contributed by atoms with Crippen LogP contribution in [0.15, 0.2) is 204 Å². The van der Waals surface area contributed by atoms with Gasteiger partial charge in [0.25, 0.3) is 11.8 Å². The molecule has 6 aromatic carbocycles. The van der Waals surface area contributed by atoms with Crippen LogP contribution in [-0.4, -0.2) is 219 Å². The summed E-state index contributed by atoms with van der Waals surface area (Å²) in [4.78, 5) is 168. The highest BCUT2D eigenvalue weighted by Gasteiger charge is 2.81. The zero-order valence-corrected chi connectivity index (χ0v) is 73.6. The lowest BCUT2D eigenvalue weighted by Gasteiger charge is -2.67. The van der Waals surface area contributed by atoms with Gasteiger partial charge in [-0.25, -0.2) is 19.2 Å². The van der Waals surface area contributed by atoms with Crippen LogP contribution >= 0.6 is 11.6 Å². The molecule has 14 rings (SSSR count). The summed E-state index contributed by atoms with van der Waals surface area (Å²) < 4.78 is 66.7. The fourth-order valence-corrected chi connectivity index (χ4v) is 20.6. The molecule has 31 heteroatoms. The number of carbonyl (C=O) groups excluding carboxylic acids is 12. The molecule has 2 saturated heterocycles. The summed E-state index contributed by atoms with van der Waals surface area (Å²) in [6.07, 6.45) is -18.8. The predicted octanol–water partition coefficient (Wildman–Crippen LogP) is 8.98. The molecule has 22 atom stereocenters. The Balaban J connectivity index is 0.000000226. The first-order chi connectivity index (χ1) is 60.1. The summed E-state index contributed by atoms with van der Waals surface area (Å²) in [6.45, 7) is 16.1. The van der Waals surface area contributed by atoms with Crippen LogP contribution in [0, 0.1) is 33.5 Å². The first-order valence-electron chi connectivity index (χ1n) is 41.7. The number of ketones is 2. The second kappa shape index (κ2) is 37.2. The van der Waals surface area contributed by atoms with Crippen LogP contribution in [0.4, 0.5) is 0 Å². The smallest absolute Gasteiger partial charge is 0.338 e. The zero-order valence-electron chi connectivity index (χ0n) is 72.8. The van der Waals surface area contributed by atoms with Crippen LogP contribution in [0.3, 0.4) is 0 Å². The van der Waals surface area contributed by atoms with E-state index in [4.69, 9.17) is 52.1 Å². The standard InChI is InChI=1S/C48H53NO14.C47H51NO14.CH3Cl/c1-26-32(61-44(56)38(58-7)36(29-17-11-8-12-18-29)49-42(54)30-19-13-9-14-20-30)24-48(57)41(62-43(55)31-21-15-10-16-22-31)39-46(6,33(52)23-34-47(39,25-59-34)63-28(3)51)40(53)37(60-27(2)50)35(26)45(48,4)5;1-25-31(60-43(56)36(52)35(28-16-10-7-11-17-28)48-41(54)29-18-12-8-13-19-29)23-47(57)40(61-42(55)30-20-14-9-15-21-30)38-45(6,32(51)22-33-46(38,24-58-33)62-27(3)50)39(53)37(59-26(2)49)34(25)44(47,4)5;1-2/h8-22,32-34,36-39,41,52,57H,23-25H2,1-7H3,(H,49,54);7-21,31-33,35-38,40,51-52,57H,22-24H2,1-6H3,(H,48,54);1H3/t32-,33-,34+,36-,37+,38+,39-,41-,46+,47-,48+;31-,32-,33+,35-,36+,37+,38-,40-,45+,46-,47+;/m00./s1. The molecular formula is C96H107ClN2O28. The number of aliphatic hydroxyl groups is 5. The van der Waals surface area contributed by atoms with Crippen molar-refractivity contribution in [1.82, 2.24) is 10.6 Å². The molecule has 8 aliphatic rings. The van der Waals surface area contributed by atoms with Gasteiger partial charge in [-0.15, -0.1) is 11.6 Å². The van der Waals surface area contributed by atoms with Crippen molar-refractivity contribution in [2.45, 2.75) is 217 Å². The Labute approximate surface area is 739 Å². The minimum atomic E-state index is -2.39. The SMILES string of the molecule is CC(=O)O[C@H]1C(=O)[C@@]2(C)[C@H]([C@H](OC(=O)c3ccccc3)[C@]3(O)C[C@H](OC(=O)[C@H](O)[C@@H](NC(=O)c4ccccc4)c4ccccc4)C(C)=C1C3(C)C)[C@]1(OC(C)=O)CO[C@@H]1C[C@@H]2O.CCl.CO[C@@H](C(=O)O[C@H]1C[C@@]2(O)[C@@H](OC(=O)c3ccccc3)[C@@H]3[C@]4(OC(C)=O)CO[C@@H]4C[C@H](O)[C@@]3(C)C(=O)[C@H](OC(C)=O)C(=C1C)C2(C)C)[C@@H](NC(=O)c1ccccc1)c1ccccc1. The highest BCUT2D eigenvalue weighted by atomic mass is 35.5. The van der Waals surface area contributed by atoms with Gasteiger partial charge in [0.1, 0.15) is 47.8 Å². The average Bonchev–Trinajstić information content (AvgIpc) is 0.671. The molecule has 30 nitrogen and oxygen atoms in total. The lowest BCUT2D eigenvalue weighted by Crippen LogP contribution is -2.82. The second-order valence-corrected chi connectivity index (χ2v) is 34.9. The minimum absolute atomic E-state index is 0.00289. The number of benzene rings is 6. The second-order valence-electron chi connectivity index (χ2n) is 34.9. The molecule has 2 amide bonds. The topological polar surface area (TPSA) is 432 Å². The van der Waals surface area contributed by atoms with Gasteiger partial charge in [0, 0.05) is 88.8 Å². The summed E-state index contributed by atoms with van der Waals surface area (Å²) >= 11 is 4.64. The van der Waals surface area contributed by atoms with E-state index < -0.39 is 225 Å². The summed E-state index contributed by atoms with van der Waals surface area (Å²) in [5, 5.41) is 69.0. The third-order valence-corrected chi connectivity index (χ3v) is 27.2. The van der Waals surface area contributed by atoms with Crippen LogP contribution in [-0.2, 0) is 90.5 Å². The average molecular weight is 1770 g/mol. The number of hydrogen-bond donors (Lipinski definition) is 7. The van der Waals surface area contributed by atoms with Crippen LogP contribution in [0.2, 0.25) is 0 Å². The first kappa shape index (κ1) is 94.9. The Bertz CT molecular complexity index is 5230. The van der Waals surface area contributed by atoms with Gasteiger partial charge in [-0.3, -0.25) is 38.4 Å². The maximum absolute atomic E-state index is 15.6. The molecular weight excluding hydrogens is 1660 g/mol. The number of alkyl halides is 1. The number of carbonyl (C=O) groups is 12. The number of nitrogens with one attached hydrogen (secondary N) is 2. The monoisotopic (exact) mass is 1770 g/mol. The van der Waals surface area contributed by atoms with Crippen LogP contribution in [0.25, 0.3) is 0 Å². The lowest BCUT2D eigenvalue weighted by molar-refractivity contribution is -0.346. The van der Waals surface area contributed by atoms with Gasteiger partial charge >= 0.3 is 47.8 Å². The van der Waals surface area contributed by atoms with E-state index in [1.54, 1.807) is 192 Å². The molecule has 6 fully saturated rings. The number of amides is 2. The van der Waals surface area contributed by atoms with Crippen molar-refractivity contribution < 1.29 is 135 Å². The fraction of sp³-hybridized carbons (Fsp3) is 0.458. The van der Waals surface area contributed by atoms with E-state index in [0.717, 1.165) is 20.8 Å². The van der Waals surface area contributed by atoms with Gasteiger partial charge in [0.2, 0.25) is 0 Å². The summed E-state index contributed by atoms with van der Waals surface area (Å²) in [7, 11) is 1.28. The maximum Gasteiger partial charge on any atom is 0.338 e. The number of ether oxygens (including phenoxy) is 11.